The van der Waals surface area contributed by atoms with Crippen molar-refractivity contribution < 1.29 is 13.2 Å². The van der Waals surface area contributed by atoms with E-state index < -0.39 is 10.0 Å². The first-order valence-electron chi connectivity index (χ1n) is 7.33. The van der Waals surface area contributed by atoms with Crippen LogP contribution >= 0.6 is 0 Å². The van der Waals surface area contributed by atoms with Crippen molar-refractivity contribution in [2.24, 2.45) is 11.8 Å². The summed E-state index contributed by atoms with van der Waals surface area (Å²) < 4.78 is 31.7. The monoisotopic (exact) mass is 312 g/mol. The summed E-state index contributed by atoms with van der Waals surface area (Å²) in [7, 11) is -2.10. The number of nitrogens with two attached hydrogens (primary N) is 1. The summed E-state index contributed by atoms with van der Waals surface area (Å²) in [5.74, 6) is 1.93. The standard InChI is InChI=1S/C15H24N2O3S/c1-10-4-5-12(8-11(10)2)20-15-7-6-13(9-14(15)16)21(18,19)17-3/h6-7,9-12,17H,4-5,8,16H2,1-3H3. The van der Waals surface area contributed by atoms with Crippen molar-refractivity contribution in [2.75, 3.05) is 12.8 Å². The molecule has 3 N–H and O–H groups in total. The van der Waals surface area contributed by atoms with Crippen LogP contribution in [0, 0.1) is 11.8 Å². The summed E-state index contributed by atoms with van der Waals surface area (Å²) >= 11 is 0. The Hall–Kier alpha value is -1.27. The van der Waals surface area contributed by atoms with Crippen molar-refractivity contribution in [1.82, 2.24) is 4.72 Å². The molecule has 0 radical (unpaired) electrons. The minimum atomic E-state index is -3.47. The molecular weight excluding hydrogens is 288 g/mol. The predicted octanol–water partition coefficient (Wildman–Crippen LogP) is 2.38. The SMILES string of the molecule is CNS(=O)(=O)c1ccc(OC2CCC(C)C(C)C2)c(N)c1. The lowest BCUT2D eigenvalue weighted by molar-refractivity contribution is 0.101. The van der Waals surface area contributed by atoms with Crippen LogP contribution in [0.2, 0.25) is 0 Å². The van der Waals surface area contributed by atoms with Gasteiger partial charge in [0.15, 0.2) is 0 Å². The second-order valence-corrected chi connectivity index (χ2v) is 7.80. The highest BCUT2D eigenvalue weighted by Crippen LogP contribution is 2.33. The van der Waals surface area contributed by atoms with Gasteiger partial charge in [0.2, 0.25) is 10.0 Å². The molecule has 118 valence electrons. The Labute approximate surface area is 126 Å². The maximum absolute atomic E-state index is 11.7. The van der Waals surface area contributed by atoms with Crippen LogP contribution in [-0.2, 0) is 10.0 Å². The second-order valence-electron chi connectivity index (χ2n) is 5.91. The highest BCUT2D eigenvalue weighted by molar-refractivity contribution is 7.89. The normalized spacial score (nSPS) is 26.5. The van der Waals surface area contributed by atoms with Crippen molar-refractivity contribution in [2.45, 2.75) is 44.1 Å². The molecule has 1 aliphatic rings. The number of rotatable bonds is 4. The maximum Gasteiger partial charge on any atom is 0.240 e. The van der Waals surface area contributed by atoms with E-state index in [9.17, 15) is 8.42 Å². The Morgan fingerprint density at radius 2 is 1.95 bits per heavy atom. The molecule has 1 fully saturated rings. The molecule has 6 heteroatoms. The zero-order valence-electron chi connectivity index (χ0n) is 12.8. The molecule has 0 heterocycles. The summed E-state index contributed by atoms with van der Waals surface area (Å²) in [5.41, 5.74) is 6.29. The molecule has 21 heavy (non-hydrogen) atoms. The molecule has 1 aromatic rings. The second kappa shape index (κ2) is 6.23. The highest BCUT2D eigenvalue weighted by atomic mass is 32.2. The van der Waals surface area contributed by atoms with Crippen molar-refractivity contribution in [3.8, 4) is 5.75 Å². The van der Waals surface area contributed by atoms with E-state index >= 15 is 0 Å². The van der Waals surface area contributed by atoms with E-state index in [0.29, 0.717) is 17.4 Å². The molecule has 1 saturated carbocycles. The number of anilines is 1. The third kappa shape index (κ3) is 3.68. The third-order valence-electron chi connectivity index (χ3n) is 4.40. The number of hydrogen-bond acceptors (Lipinski definition) is 4. The van der Waals surface area contributed by atoms with Gasteiger partial charge in [0, 0.05) is 0 Å². The fourth-order valence-electron chi connectivity index (χ4n) is 2.70. The average molecular weight is 312 g/mol. The van der Waals surface area contributed by atoms with Crippen LogP contribution in [0.1, 0.15) is 33.1 Å². The van der Waals surface area contributed by atoms with Gasteiger partial charge in [0.1, 0.15) is 5.75 Å². The summed E-state index contributed by atoms with van der Waals surface area (Å²) in [5, 5.41) is 0. The molecule has 5 nitrogen and oxygen atoms in total. The molecule has 0 saturated heterocycles. The van der Waals surface area contributed by atoms with Gasteiger partial charge in [-0.1, -0.05) is 13.8 Å². The van der Waals surface area contributed by atoms with E-state index in [1.165, 1.54) is 19.2 Å². The third-order valence-corrected chi connectivity index (χ3v) is 5.82. The quantitative estimate of drug-likeness (QED) is 0.836. The number of nitrogens with one attached hydrogen (secondary N) is 1. The van der Waals surface area contributed by atoms with Crippen molar-refractivity contribution in [3.63, 3.8) is 0 Å². The molecule has 2 rings (SSSR count). The van der Waals surface area contributed by atoms with Crippen LogP contribution in [0.3, 0.4) is 0 Å². The van der Waals surface area contributed by atoms with E-state index in [4.69, 9.17) is 10.5 Å². The van der Waals surface area contributed by atoms with Gasteiger partial charge in [-0.15, -0.1) is 0 Å². The van der Waals surface area contributed by atoms with Gasteiger partial charge >= 0.3 is 0 Å². The zero-order chi connectivity index (χ0) is 15.6. The van der Waals surface area contributed by atoms with E-state index in [0.717, 1.165) is 25.2 Å². The van der Waals surface area contributed by atoms with Crippen molar-refractivity contribution in [1.29, 1.82) is 0 Å². The molecule has 1 aromatic carbocycles. The van der Waals surface area contributed by atoms with Crippen LogP contribution in [0.5, 0.6) is 5.75 Å². The number of nitrogen functional groups attached to an aromatic ring is 1. The van der Waals surface area contributed by atoms with E-state index in [1.54, 1.807) is 6.07 Å². The van der Waals surface area contributed by atoms with Gasteiger partial charge in [-0.3, -0.25) is 0 Å². The average Bonchev–Trinajstić information content (AvgIpc) is 2.45. The summed E-state index contributed by atoms with van der Waals surface area (Å²) in [4.78, 5) is 0.153. The topological polar surface area (TPSA) is 81.4 Å². The van der Waals surface area contributed by atoms with Gasteiger partial charge in [-0.25, -0.2) is 13.1 Å². The van der Waals surface area contributed by atoms with E-state index in [-0.39, 0.29) is 11.0 Å². The Morgan fingerprint density at radius 1 is 1.24 bits per heavy atom. The minimum Gasteiger partial charge on any atom is -0.488 e. The van der Waals surface area contributed by atoms with Crippen molar-refractivity contribution in [3.05, 3.63) is 18.2 Å². The molecule has 0 aliphatic heterocycles. The molecular formula is C15H24N2O3S. The van der Waals surface area contributed by atoms with Crippen LogP contribution in [0.15, 0.2) is 23.1 Å². The van der Waals surface area contributed by atoms with E-state index in [1.807, 2.05) is 0 Å². The number of benzene rings is 1. The van der Waals surface area contributed by atoms with Gasteiger partial charge in [-0.05, 0) is 56.3 Å². The molecule has 0 aromatic heterocycles. The first-order valence-corrected chi connectivity index (χ1v) is 8.81. The lowest BCUT2D eigenvalue weighted by Gasteiger charge is -2.32. The Balaban J connectivity index is 2.12. The fraction of sp³-hybridized carbons (Fsp3) is 0.600. The molecule has 0 bridgehead atoms. The van der Waals surface area contributed by atoms with Crippen LogP contribution in [0.4, 0.5) is 5.69 Å². The smallest absolute Gasteiger partial charge is 0.240 e. The van der Waals surface area contributed by atoms with Crippen LogP contribution in [0.25, 0.3) is 0 Å². The van der Waals surface area contributed by atoms with Gasteiger partial charge in [0.25, 0.3) is 0 Å². The Kier molecular flexibility index (Phi) is 4.78. The lowest BCUT2D eigenvalue weighted by atomic mass is 9.80. The zero-order valence-corrected chi connectivity index (χ0v) is 13.6. The fourth-order valence-corrected chi connectivity index (χ4v) is 3.47. The number of hydrogen-bond donors (Lipinski definition) is 2. The molecule has 3 unspecified atom stereocenters. The predicted molar refractivity (Wildman–Crippen MR) is 83.7 cm³/mol. The van der Waals surface area contributed by atoms with Crippen LogP contribution < -0.4 is 15.2 Å². The summed E-state index contributed by atoms with van der Waals surface area (Å²) in [6.45, 7) is 4.51. The van der Waals surface area contributed by atoms with Crippen molar-refractivity contribution >= 4 is 15.7 Å². The largest absolute Gasteiger partial charge is 0.488 e. The maximum atomic E-state index is 11.7. The molecule has 3 atom stereocenters. The Morgan fingerprint density at radius 3 is 2.52 bits per heavy atom. The molecule has 0 amide bonds. The minimum absolute atomic E-state index is 0.153. The van der Waals surface area contributed by atoms with E-state index in [2.05, 4.69) is 18.6 Å². The first-order chi connectivity index (χ1) is 9.83. The first kappa shape index (κ1) is 16.1. The lowest BCUT2D eigenvalue weighted by Crippen LogP contribution is -2.29. The molecule has 1 aliphatic carbocycles. The van der Waals surface area contributed by atoms with Gasteiger partial charge in [-0.2, -0.15) is 0 Å². The van der Waals surface area contributed by atoms with Gasteiger partial charge < -0.3 is 10.5 Å². The highest BCUT2D eigenvalue weighted by Gasteiger charge is 2.26. The van der Waals surface area contributed by atoms with Gasteiger partial charge in [0.05, 0.1) is 16.7 Å². The summed E-state index contributed by atoms with van der Waals surface area (Å²) in [6, 6.07) is 4.60. The molecule has 0 spiro atoms. The van der Waals surface area contributed by atoms with Crippen LogP contribution in [-0.4, -0.2) is 21.6 Å². The summed E-state index contributed by atoms with van der Waals surface area (Å²) in [6.07, 6.45) is 3.33. The number of ether oxygens (including phenoxy) is 1. The Bertz CT molecular complexity index is 601. The number of sulfonamides is 1.